The summed E-state index contributed by atoms with van der Waals surface area (Å²) in [6, 6.07) is 7.81. The summed E-state index contributed by atoms with van der Waals surface area (Å²) in [6.07, 6.45) is 4.46. The lowest BCUT2D eigenvalue weighted by molar-refractivity contribution is 0.417. The number of halogens is 3. The van der Waals surface area contributed by atoms with Crippen LogP contribution in [0.25, 0.3) is 0 Å². The van der Waals surface area contributed by atoms with Crippen molar-refractivity contribution in [2.45, 2.75) is 45.4 Å². The second-order valence-corrected chi connectivity index (χ2v) is 6.45. The van der Waals surface area contributed by atoms with Gasteiger partial charge in [-0.25, -0.2) is 13.2 Å². The maximum Gasteiger partial charge on any atom is 0.129 e. The Morgan fingerprint density at radius 3 is 2.43 bits per heavy atom. The van der Waals surface area contributed by atoms with Gasteiger partial charge in [0.2, 0.25) is 0 Å². The zero-order valence-corrected chi connectivity index (χ0v) is 13.3. The van der Waals surface area contributed by atoms with Crippen LogP contribution in [0.5, 0.6) is 0 Å². The molecule has 0 spiro atoms. The highest BCUT2D eigenvalue weighted by Crippen LogP contribution is 2.30. The minimum atomic E-state index is -0.441. The molecule has 1 atom stereocenters. The third-order valence-electron chi connectivity index (χ3n) is 4.91. The van der Waals surface area contributed by atoms with Crippen molar-refractivity contribution in [3.05, 3.63) is 70.0 Å². The molecule has 2 aromatic carbocycles. The minimum absolute atomic E-state index is 0.187. The highest BCUT2D eigenvalue weighted by atomic mass is 19.1. The van der Waals surface area contributed by atoms with Gasteiger partial charge in [0.05, 0.1) is 0 Å². The van der Waals surface area contributed by atoms with Crippen LogP contribution in [0.2, 0.25) is 0 Å². The molecule has 3 heteroatoms. The first-order valence-corrected chi connectivity index (χ1v) is 8.31. The first-order chi connectivity index (χ1) is 11.1. The fourth-order valence-electron chi connectivity index (χ4n) is 3.49. The molecule has 2 aromatic rings. The summed E-state index contributed by atoms with van der Waals surface area (Å²) >= 11 is 0. The van der Waals surface area contributed by atoms with E-state index in [2.05, 4.69) is 0 Å². The van der Waals surface area contributed by atoms with Crippen molar-refractivity contribution < 1.29 is 13.2 Å². The van der Waals surface area contributed by atoms with Gasteiger partial charge in [-0.3, -0.25) is 0 Å². The highest BCUT2D eigenvalue weighted by Gasteiger charge is 2.20. The molecule has 1 aliphatic carbocycles. The summed E-state index contributed by atoms with van der Waals surface area (Å²) in [6.45, 7) is 1.88. The predicted molar refractivity (Wildman–Crippen MR) is 86.0 cm³/mol. The smallest absolute Gasteiger partial charge is 0.129 e. The Morgan fingerprint density at radius 1 is 1.00 bits per heavy atom. The number of fused-ring (bicyclic) bond motifs is 1. The molecule has 0 aromatic heterocycles. The Labute approximate surface area is 135 Å². The van der Waals surface area contributed by atoms with Gasteiger partial charge in [0.15, 0.2) is 0 Å². The fourth-order valence-corrected chi connectivity index (χ4v) is 3.49. The van der Waals surface area contributed by atoms with E-state index in [-0.39, 0.29) is 11.4 Å². The summed E-state index contributed by atoms with van der Waals surface area (Å²) < 4.78 is 41.5. The highest BCUT2D eigenvalue weighted by molar-refractivity contribution is 5.31. The number of rotatable bonds is 4. The number of benzene rings is 2. The standard InChI is InChI=1S/C20H21F3/c1-2-13-10-19(22)18(20(23)11-13)8-4-14-3-5-15-6-7-17(21)12-16(15)9-14/h6-7,10-12,14H,2-5,8-9H2,1H3. The molecular weight excluding hydrogens is 297 g/mol. The second kappa shape index (κ2) is 6.77. The summed E-state index contributed by atoms with van der Waals surface area (Å²) in [5.74, 6) is -0.737. The van der Waals surface area contributed by atoms with E-state index in [0.29, 0.717) is 24.3 Å². The van der Waals surface area contributed by atoms with Crippen LogP contribution in [-0.4, -0.2) is 0 Å². The molecule has 0 saturated carbocycles. The van der Waals surface area contributed by atoms with Crippen molar-refractivity contribution in [3.8, 4) is 0 Å². The number of hydrogen-bond donors (Lipinski definition) is 0. The third-order valence-corrected chi connectivity index (χ3v) is 4.91. The van der Waals surface area contributed by atoms with Gasteiger partial charge in [0, 0.05) is 5.56 Å². The maximum atomic E-state index is 14.1. The van der Waals surface area contributed by atoms with Crippen molar-refractivity contribution >= 4 is 0 Å². The molecule has 0 heterocycles. The van der Waals surface area contributed by atoms with E-state index >= 15 is 0 Å². The lowest BCUT2D eigenvalue weighted by atomic mass is 9.81. The summed E-state index contributed by atoms with van der Waals surface area (Å²) in [5, 5.41) is 0. The topological polar surface area (TPSA) is 0 Å². The van der Waals surface area contributed by atoms with Crippen LogP contribution in [0.3, 0.4) is 0 Å². The van der Waals surface area contributed by atoms with Gasteiger partial charge in [-0.15, -0.1) is 0 Å². The first kappa shape index (κ1) is 16.1. The van der Waals surface area contributed by atoms with Gasteiger partial charge in [-0.1, -0.05) is 13.0 Å². The Hall–Kier alpha value is -1.77. The lowest BCUT2D eigenvalue weighted by Crippen LogP contribution is -2.16. The molecular formula is C20H21F3. The van der Waals surface area contributed by atoms with Crippen molar-refractivity contribution in [1.29, 1.82) is 0 Å². The van der Waals surface area contributed by atoms with Crippen LogP contribution in [0.4, 0.5) is 13.2 Å². The second-order valence-electron chi connectivity index (χ2n) is 6.45. The molecule has 0 amide bonds. The van der Waals surface area contributed by atoms with Gasteiger partial charge < -0.3 is 0 Å². The van der Waals surface area contributed by atoms with Gasteiger partial charge >= 0.3 is 0 Å². The van der Waals surface area contributed by atoms with Crippen LogP contribution in [-0.2, 0) is 25.7 Å². The first-order valence-electron chi connectivity index (χ1n) is 8.31. The van der Waals surface area contributed by atoms with Gasteiger partial charge in [0.25, 0.3) is 0 Å². The molecule has 1 aliphatic rings. The molecule has 23 heavy (non-hydrogen) atoms. The third kappa shape index (κ3) is 3.60. The molecule has 1 unspecified atom stereocenters. The molecule has 122 valence electrons. The van der Waals surface area contributed by atoms with Crippen LogP contribution in [0.15, 0.2) is 30.3 Å². The van der Waals surface area contributed by atoms with Gasteiger partial charge in [-0.05, 0) is 85.4 Å². The summed E-state index contributed by atoms with van der Waals surface area (Å²) in [5.41, 5.74) is 3.12. The van der Waals surface area contributed by atoms with E-state index in [1.54, 1.807) is 6.07 Å². The normalized spacial score (nSPS) is 17.1. The Balaban J connectivity index is 1.68. The zero-order chi connectivity index (χ0) is 16.4. The monoisotopic (exact) mass is 318 g/mol. The largest absolute Gasteiger partial charge is 0.207 e. The van der Waals surface area contributed by atoms with E-state index in [1.165, 1.54) is 23.8 Å². The van der Waals surface area contributed by atoms with E-state index in [0.717, 1.165) is 31.2 Å². The van der Waals surface area contributed by atoms with Crippen LogP contribution in [0, 0.1) is 23.4 Å². The Kier molecular flexibility index (Phi) is 4.74. The summed E-state index contributed by atoms with van der Waals surface area (Å²) in [7, 11) is 0. The molecule has 0 fully saturated rings. The molecule has 0 saturated heterocycles. The molecule has 0 aliphatic heterocycles. The minimum Gasteiger partial charge on any atom is -0.207 e. The molecule has 0 bridgehead atoms. The Morgan fingerprint density at radius 2 is 1.74 bits per heavy atom. The SMILES string of the molecule is CCc1cc(F)c(CCC2CCc3ccc(F)cc3C2)c(F)c1. The number of hydrogen-bond acceptors (Lipinski definition) is 0. The number of aryl methyl sites for hydroxylation is 2. The Bertz CT molecular complexity index is 683. The van der Waals surface area contributed by atoms with E-state index in [9.17, 15) is 13.2 Å². The fraction of sp³-hybridized carbons (Fsp3) is 0.400. The van der Waals surface area contributed by atoms with E-state index in [4.69, 9.17) is 0 Å². The van der Waals surface area contributed by atoms with Crippen molar-refractivity contribution in [1.82, 2.24) is 0 Å². The van der Waals surface area contributed by atoms with Gasteiger partial charge in [-0.2, -0.15) is 0 Å². The molecule has 0 radical (unpaired) electrons. The zero-order valence-electron chi connectivity index (χ0n) is 13.3. The van der Waals surface area contributed by atoms with E-state index < -0.39 is 11.6 Å². The summed E-state index contributed by atoms with van der Waals surface area (Å²) in [4.78, 5) is 0. The molecule has 3 rings (SSSR count). The van der Waals surface area contributed by atoms with Gasteiger partial charge in [0.1, 0.15) is 17.5 Å². The van der Waals surface area contributed by atoms with Crippen molar-refractivity contribution in [3.63, 3.8) is 0 Å². The van der Waals surface area contributed by atoms with Crippen LogP contribution < -0.4 is 0 Å². The average Bonchev–Trinajstić information content (AvgIpc) is 2.53. The van der Waals surface area contributed by atoms with Crippen LogP contribution in [0.1, 0.15) is 42.0 Å². The molecule has 0 nitrogen and oxygen atoms in total. The predicted octanol–water partition coefficient (Wildman–Crippen LogP) is 5.40. The lowest BCUT2D eigenvalue weighted by Gasteiger charge is -2.24. The van der Waals surface area contributed by atoms with Crippen molar-refractivity contribution in [2.75, 3.05) is 0 Å². The van der Waals surface area contributed by atoms with Crippen molar-refractivity contribution in [2.24, 2.45) is 5.92 Å². The quantitative estimate of drug-likeness (QED) is 0.707. The van der Waals surface area contributed by atoms with Crippen LogP contribution >= 0.6 is 0 Å². The van der Waals surface area contributed by atoms with E-state index in [1.807, 2.05) is 13.0 Å². The molecule has 0 N–H and O–H groups in total. The average molecular weight is 318 g/mol. The maximum absolute atomic E-state index is 14.1.